The van der Waals surface area contributed by atoms with Gasteiger partial charge in [-0.25, -0.2) is 0 Å². The Labute approximate surface area is 670 Å². The monoisotopic (exact) mass is 1560 g/mol. The van der Waals surface area contributed by atoms with Crippen molar-refractivity contribution in [1.82, 2.24) is 5.32 Å². The molecule has 0 spiro atoms. The van der Waals surface area contributed by atoms with Gasteiger partial charge in [-0.2, -0.15) is 0 Å². The van der Waals surface area contributed by atoms with Crippen molar-refractivity contribution in [3.8, 4) is 0 Å². The fourth-order valence-corrected chi connectivity index (χ4v) is 13.7. The summed E-state index contributed by atoms with van der Waals surface area (Å²) < 4.78 is 34.4. The Morgan fingerprint density at radius 1 is 0.333 bits per heavy atom. The van der Waals surface area contributed by atoms with Crippen molar-refractivity contribution in [1.29, 1.82) is 0 Å². The average molecular weight is 1560 g/mol. The summed E-state index contributed by atoms with van der Waals surface area (Å²) in [5.41, 5.74) is 0. The van der Waals surface area contributed by atoms with E-state index in [9.17, 15) is 61.0 Å². The van der Waals surface area contributed by atoms with Gasteiger partial charge < -0.3 is 89.9 Å². The van der Waals surface area contributed by atoms with Crippen LogP contribution in [0.2, 0.25) is 0 Å². The highest BCUT2D eigenvalue weighted by molar-refractivity contribution is 5.76. The van der Waals surface area contributed by atoms with E-state index in [1.807, 2.05) is 6.08 Å². The Balaban J connectivity index is 1.39. The lowest BCUT2D eigenvalue weighted by molar-refractivity contribution is -0.379. The number of hydrogen-bond donors (Lipinski definition) is 12. The molecule has 3 aliphatic heterocycles. The van der Waals surface area contributed by atoms with Crippen LogP contribution in [0.5, 0.6) is 0 Å². The Morgan fingerprint density at radius 3 is 1.01 bits per heavy atom. The van der Waals surface area contributed by atoms with Gasteiger partial charge in [-0.15, -0.1) is 0 Å². The first-order valence-corrected chi connectivity index (χ1v) is 43.6. The lowest BCUT2D eigenvalue weighted by Crippen LogP contribution is -2.66. The quantitative estimate of drug-likeness (QED) is 0.0199. The predicted molar refractivity (Wildman–Crippen MR) is 447 cm³/mol. The number of carbonyl (C=O) groups is 1. The zero-order valence-electron chi connectivity index (χ0n) is 68.4. The highest BCUT2D eigenvalue weighted by Gasteiger charge is 2.54. The second kappa shape index (κ2) is 69.9. The van der Waals surface area contributed by atoms with Crippen LogP contribution in [0.3, 0.4) is 0 Å². The van der Waals surface area contributed by atoms with Gasteiger partial charge in [-0.3, -0.25) is 4.79 Å². The van der Waals surface area contributed by atoms with Gasteiger partial charge >= 0.3 is 0 Å². The minimum absolute atomic E-state index is 0.170. The SMILES string of the molecule is CC/C=C\C/C=C\C/C=C\C/C=C\C/C=C\C/C=C\C/C=C\C/C=C\C/C=C\C/C=C\CCCCC(=O)NC(COC1OC(CO)C(OC2OC(CO)C(OC3OC(CO)C(O)C(O)C3O)C(O)C2O)C(O)C1O)C(O)/C=C/CC/C=C/CCCCCCCCCCCCCCCCCCCCCCCCCCCCC. The van der Waals surface area contributed by atoms with E-state index < -0.39 is 131 Å². The molecule has 1 amide bonds. The predicted octanol–water partition coefficient (Wildman–Crippen LogP) is 16.2. The van der Waals surface area contributed by atoms with Crippen LogP contribution in [-0.4, -0.2) is 193 Å². The molecule has 0 saturated carbocycles. The number of unbranched alkanes of at least 4 members (excludes halogenated alkanes) is 30. The molecule has 3 aliphatic rings. The summed E-state index contributed by atoms with van der Waals surface area (Å²) in [6.07, 6.45) is 75.7. The third kappa shape index (κ3) is 48.7. The molecular formula is C92H155NO18. The summed E-state index contributed by atoms with van der Waals surface area (Å²) in [4.78, 5) is 13.5. The number of aliphatic hydroxyl groups excluding tert-OH is 11. The molecule has 17 unspecified atom stereocenters. The largest absolute Gasteiger partial charge is 0.394 e. The lowest BCUT2D eigenvalue weighted by atomic mass is 9.96. The van der Waals surface area contributed by atoms with Crippen LogP contribution < -0.4 is 5.32 Å². The maximum atomic E-state index is 13.5. The Kier molecular flexibility index (Phi) is 63.5. The standard InChI is InChI=1S/C92H155NO18/c1-3-5-7-9-11-13-15-17-19-21-23-25-27-29-31-33-35-37-39-41-43-45-47-49-51-53-55-57-59-61-63-65-67-69-76(97)75(74-106-90-86(104)83(101)88(78(72-95)108-90)111-92-87(105)84(102)89(79(73-96)109-92)110-91-85(103)82(100)81(99)77(71-94)107-91)93-80(98)70-68-66-64-62-60-58-56-54-52-50-48-46-44-42-40-38-36-34-32-30-28-26-24-22-20-18-16-14-12-10-8-6-4-2/h6,8,12,14,18,20,24,26,30,32,36,38,42,44,48,50,54,56,59-62,67,69,75-79,81-92,94-97,99-105H,3-5,7,9-11,13,15-17,19,21-23,25,27-29,31,33-35,37,39-41,43,45-47,49,51-53,55,57-58,63-66,68,70-74H2,1-2H3,(H,93,98)/b8-6-,14-12-,20-18-,26-24-,32-30-,38-36-,44-42-,50-48-,56-54-,61-59+,62-60-,69-67+. The van der Waals surface area contributed by atoms with Crippen LogP contribution in [-0.2, 0) is 33.2 Å². The van der Waals surface area contributed by atoms with Crippen molar-refractivity contribution in [2.75, 3.05) is 26.4 Å². The van der Waals surface area contributed by atoms with Crippen LogP contribution in [0.15, 0.2) is 146 Å². The molecule has 12 N–H and O–H groups in total. The maximum Gasteiger partial charge on any atom is 0.220 e. The average Bonchev–Trinajstić information content (AvgIpc) is 0.780. The molecule has 19 nitrogen and oxygen atoms in total. The molecule has 3 heterocycles. The van der Waals surface area contributed by atoms with Crippen molar-refractivity contribution < 1.29 is 89.4 Å². The molecule has 0 aliphatic carbocycles. The van der Waals surface area contributed by atoms with E-state index >= 15 is 0 Å². The van der Waals surface area contributed by atoms with Crippen LogP contribution in [0.25, 0.3) is 0 Å². The minimum atomic E-state index is -1.99. The molecule has 0 aromatic carbocycles. The van der Waals surface area contributed by atoms with Crippen molar-refractivity contribution >= 4 is 5.91 Å². The molecule has 636 valence electrons. The van der Waals surface area contributed by atoms with Crippen molar-refractivity contribution in [3.05, 3.63) is 146 Å². The van der Waals surface area contributed by atoms with Crippen LogP contribution >= 0.6 is 0 Å². The minimum Gasteiger partial charge on any atom is -0.394 e. The summed E-state index contributed by atoms with van der Waals surface area (Å²) in [7, 11) is 0. The van der Waals surface area contributed by atoms with Crippen LogP contribution in [0.4, 0.5) is 0 Å². The van der Waals surface area contributed by atoms with E-state index in [0.29, 0.717) is 12.8 Å². The van der Waals surface area contributed by atoms with Gasteiger partial charge in [0.1, 0.15) is 73.2 Å². The molecule has 111 heavy (non-hydrogen) atoms. The Hall–Kier alpha value is -4.33. The van der Waals surface area contributed by atoms with Crippen molar-refractivity contribution in [2.45, 2.75) is 401 Å². The number of nitrogens with one attached hydrogen (secondary N) is 1. The zero-order chi connectivity index (χ0) is 80.3. The lowest BCUT2D eigenvalue weighted by Gasteiger charge is -2.48. The van der Waals surface area contributed by atoms with Gasteiger partial charge in [0.25, 0.3) is 0 Å². The van der Waals surface area contributed by atoms with E-state index in [-0.39, 0.29) is 12.3 Å². The summed E-state index contributed by atoms with van der Waals surface area (Å²) in [6, 6.07) is -1.03. The number of amides is 1. The number of allylic oxidation sites excluding steroid dienone is 23. The summed E-state index contributed by atoms with van der Waals surface area (Å²) in [5, 5.41) is 121. The first kappa shape index (κ1) is 101. The second-order valence-corrected chi connectivity index (χ2v) is 30.3. The highest BCUT2D eigenvalue weighted by atomic mass is 16.8. The van der Waals surface area contributed by atoms with E-state index in [1.165, 1.54) is 167 Å². The van der Waals surface area contributed by atoms with Crippen LogP contribution in [0, 0.1) is 0 Å². The molecule has 0 bridgehead atoms. The number of hydrogen-bond acceptors (Lipinski definition) is 18. The van der Waals surface area contributed by atoms with Crippen LogP contribution in [0.1, 0.15) is 296 Å². The fourth-order valence-electron chi connectivity index (χ4n) is 13.7. The summed E-state index contributed by atoms with van der Waals surface area (Å²) >= 11 is 0. The van der Waals surface area contributed by atoms with Gasteiger partial charge in [-0.05, 0) is 109 Å². The van der Waals surface area contributed by atoms with E-state index in [1.54, 1.807) is 6.08 Å². The molecule has 3 fully saturated rings. The number of ether oxygens (including phenoxy) is 6. The second-order valence-electron chi connectivity index (χ2n) is 30.3. The van der Waals surface area contributed by atoms with Gasteiger partial charge in [0.05, 0.1) is 38.6 Å². The molecule has 0 aromatic heterocycles. The number of carbonyl (C=O) groups excluding carboxylic acids is 1. The Bertz CT molecular complexity index is 2580. The topological polar surface area (TPSA) is 307 Å². The third-order valence-electron chi connectivity index (χ3n) is 20.6. The maximum absolute atomic E-state index is 13.5. The van der Waals surface area contributed by atoms with E-state index in [0.717, 1.165) is 96.3 Å². The van der Waals surface area contributed by atoms with Gasteiger partial charge in [0.15, 0.2) is 18.9 Å². The smallest absolute Gasteiger partial charge is 0.220 e. The summed E-state index contributed by atoms with van der Waals surface area (Å²) in [5.74, 6) is -0.331. The van der Waals surface area contributed by atoms with Gasteiger partial charge in [0.2, 0.25) is 5.91 Å². The van der Waals surface area contributed by atoms with E-state index in [4.69, 9.17) is 28.4 Å². The zero-order valence-corrected chi connectivity index (χ0v) is 68.4. The molecule has 3 rings (SSSR count). The molecule has 3 saturated heterocycles. The first-order valence-electron chi connectivity index (χ1n) is 43.6. The molecule has 0 aromatic rings. The fraction of sp³-hybridized carbons (Fsp3) is 0.728. The summed E-state index contributed by atoms with van der Waals surface area (Å²) in [6.45, 7) is 1.59. The third-order valence-corrected chi connectivity index (χ3v) is 20.6. The van der Waals surface area contributed by atoms with Gasteiger partial charge in [0, 0.05) is 6.42 Å². The molecular weight excluding hydrogens is 1410 g/mol. The molecule has 19 heteroatoms. The van der Waals surface area contributed by atoms with E-state index in [2.05, 4.69) is 153 Å². The van der Waals surface area contributed by atoms with Gasteiger partial charge in [-0.1, -0.05) is 327 Å². The highest BCUT2D eigenvalue weighted by Crippen LogP contribution is 2.33. The molecule has 0 radical (unpaired) electrons. The number of aliphatic hydroxyl groups is 11. The van der Waals surface area contributed by atoms with Crippen molar-refractivity contribution in [2.24, 2.45) is 0 Å². The van der Waals surface area contributed by atoms with Crippen molar-refractivity contribution in [3.63, 3.8) is 0 Å². The Morgan fingerprint density at radius 2 is 0.631 bits per heavy atom. The molecule has 17 atom stereocenters. The first-order chi connectivity index (χ1) is 54.3. The number of rotatable bonds is 68. The normalized spacial score (nSPS) is 25.8.